The summed E-state index contributed by atoms with van der Waals surface area (Å²) in [5.41, 5.74) is 5.83. The van der Waals surface area contributed by atoms with Crippen LogP contribution >= 0.6 is 23.1 Å². The summed E-state index contributed by atoms with van der Waals surface area (Å²) in [5.74, 6) is 0.211. The molecular weight excluding hydrogens is 292 g/mol. The number of anilines is 2. The molecule has 0 radical (unpaired) electrons. The van der Waals surface area contributed by atoms with Crippen LogP contribution in [-0.4, -0.2) is 35.0 Å². The van der Waals surface area contributed by atoms with Crippen molar-refractivity contribution in [1.29, 1.82) is 0 Å². The van der Waals surface area contributed by atoms with Gasteiger partial charge in [0.05, 0.1) is 0 Å². The predicted octanol–water partition coefficient (Wildman–Crippen LogP) is 2.56. The van der Waals surface area contributed by atoms with E-state index in [0.717, 1.165) is 18.1 Å². The Morgan fingerprint density at radius 2 is 2.30 bits per heavy atom. The zero-order valence-electron chi connectivity index (χ0n) is 12.0. The van der Waals surface area contributed by atoms with Gasteiger partial charge in [0.1, 0.15) is 10.7 Å². The summed E-state index contributed by atoms with van der Waals surface area (Å²) < 4.78 is 0.235. The fourth-order valence-corrected chi connectivity index (χ4v) is 3.89. The van der Waals surface area contributed by atoms with Crippen LogP contribution < -0.4 is 16.4 Å². The van der Waals surface area contributed by atoms with E-state index in [2.05, 4.69) is 28.8 Å². The summed E-state index contributed by atoms with van der Waals surface area (Å²) in [7, 11) is 0. The van der Waals surface area contributed by atoms with Crippen LogP contribution in [-0.2, 0) is 0 Å². The second-order valence-corrected chi connectivity index (χ2v) is 7.36. The fraction of sp³-hybridized carbons (Fsp3) is 0.692. The van der Waals surface area contributed by atoms with Gasteiger partial charge >= 0.3 is 0 Å². The average Bonchev–Trinajstić information content (AvgIpc) is 2.76. The number of carbonyl (C=O) groups excluding carboxylic acids is 1. The molecule has 7 heteroatoms. The minimum atomic E-state index is -0.107. The first-order valence-corrected chi connectivity index (χ1v) is 8.98. The van der Waals surface area contributed by atoms with Gasteiger partial charge in [0.2, 0.25) is 0 Å². The summed E-state index contributed by atoms with van der Waals surface area (Å²) in [4.78, 5) is 16.9. The average molecular weight is 314 g/mol. The van der Waals surface area contributed by atoms with Gasteiger partial charge in [-0.15, -0.1) is 0 Å². The van der Waals surface area contributed by atoms with Crippen molar-refractivity contribution < 1.29 is 4.79 Å². The van der Waals surface area contributed by atoms with Crippen molar-refractivity contribution in [2.24, 2.45) is 0 Å². The van der Waals surface area contributed by atoms with Crippen LogP contribution in [0.4, 0.5) is 10.9 Å². The van der Waals surface area contributed by atoms with Crippen LogP contribution in [0.15, 0.2) is 0 Å². The molecule has 1 heterocycles. The monoisotopic (exact) mass is 314 g/mol. The second kappa shape index (κ2) is 6.67. The van der Waals surface area contributed by atoms with Crippen molar-refractivity contribution in [1.82, 2.24) is 10.3 Å². The number of rotatable bonds is 7. The van der Waals surface area contributed by atoms with E-state index in [1.165, 1.54) is 30.6 Å². The van der Waals surface area contributed by atoms with Crippen molar-refractivity contribution >= 4 is 40.0 Å². The van der Waals surface area contributed by atoms with E-state index < -0.39 is 0 Å². The lowest BCUT2D eigenvalue weighted by Gasteiger charge is -2.40. The quantitative estimate of drug-likeness (QED) is 0.721. The standard InChI is InChI=1S/C13H22N4OS2/c1-3-7-15-12-17-10(14)9(20-12)11(18)16-8-13(19-2)5-4-6-13/h3-8,14H2,1-2H3,(H,15,17)(H,16,18). The summed E-state index contributed by atoms with van der Waals surface area (Å²) in [6.07, 6.45) is 6.73. The molecule has 5 nitrogen and oxygen atoms in total. The zero-order valence-corrected chi connectivity index (χ0v) is 13.6. The molecule has 1 aromatic rings. The van der Waals surface area contributed by atoms with Crippen molar-refractivity contribution in [3.8, 4) is 0 Å². The smallest absolute Gasteiger partial charge is 0.265 e. The van der Waals surface area contributed by atoms with E-state index in [9.17, 15) is 4.79 Å². The third kappa shape index (κ3) is 3.38. The third-order valence-electron chi connectivity index (χ3n) is 3.65. The molecule has 1 aromatic heterocycles. The number of aromatic nitrogens is 1. The third-order valence-corrected chi connectivity index (χ3v) is 6.10. The maximum atomic E-state index is 12.2. The molecule has 20 heavy (non-hydrogen) atoms. The van der Waals surface area contributed by atoms with Crippen molar-refractivity contribution in [3.05, 3.63) is 4.88 Å². The molecule has 1 saturated carbocycles. The predicted molar refractivity (Wildman–Crippen MR) is 87.7 cm³/mol. The van der Waals surface area contributed by atoms with E-state index >= 15 is 0 Å². The lowest BCUT2D eigenvalue weighted by molar-refractivity contribution is 0.0948. The number of nitrogens with two attached hydrogens (primary N) is 1. The number of hydrogen-bond donors (Lipinski definition) is 3. The Hall–Kier alpha value is -0.950. The van der Waals surface area contributed by atoms with Gasteiger partial charge in [-0.2, -0.15) is 11.8 Å². The number of carbonyl (C=O) groups is 1. The summed E-state index contributed by atoms with van der Waals surface area (Å²) in [5, 5.41) is 6.89. The number of hydrogen-bond acceptors (Lipinski definition) is 6. The Morgan fingerprint density at radius 3 is 2.85 bits per heavy atom. The molecule has 1 aliphatic carbocycles. The van der Waals surface area contributed by atoms with E-state index in [1.54, 1.807) is 0 Å². The number of thioether (sulfide) groups is 1. The molecule has 1 amide bonds. The first-order valence-electron chi connectivity index (χ1n) is 6.94. The topological polar surface area (TPSA) is 80.0 Å². The Bertz CT molecular complexity index is 465. The minimum absolute atomic E-state index is 0.107. The van der Waals surface area contributed by atoms with Gasteiger partial charge in [0, 0.05) is 17.8 Å². The van der Waals surface area contributed by atoms with Crippen molar-refractivity contribution in [2.75, 3.05) is 30.4 Å². The highest BCUT2D eigenvalue weighted by atomic mass is 32.2. The molecule has 1 fully saturated rings. The van der Waals surface area contributed by atoms with Gasteiger partial charge in [0.15, 0.2) is 5.13 Å². The van der Waals surface area contributed by atoms with E-state index in [1.807, 2.05) is 11.8 Å². The first kappa shape index (κ1) is 15.4. The van der Waals surface area contributed by atoms with Crippen LogP contribution in [0.5, 0.6) is 0 Å². The molecule has 0 atom stereocenters. The van der Waals surface area contributed by atoms with Crippen molar-refractivity contribution in [2.45, 2.75) is 37.4 Å². The number of nitrogens with one attached hydrogen (secondary N) is 2. The molecule has 0 aliphatic heterocycles. The van der Waals surface area contributed by atoms with Crippen LogP contribution in [0.2, 0.25) is 0 Å². The lowest BCUT2D eigenvalue weighted by Crippen LogP contribution is -2.45. The van der Waals surface area contributed by atoms with Crippen molar-refractivity contribution in [3.63, 3.8) is 0 Å². The molecule has 112 valence electrons. The van der Waals surface area contributed by atoms with Gasteiger partial charge < -0.3 is 16.4 Å². The van der Waals surface area contributed by atoms with Gasteiger partial charge in [-0.3, -0.25) is 4.79 Å². The summed E-state index contributed by atoms with van der Waals surface area (Å²) in [6, 6.07) is 0. The van der Waals surface area contributed by atoms with Gasteiger partial charge in [-0.05, 0) is 25.5 Å². The molecular formula is C13H22N4OS2. The normalized spacial score (nSPS) is 16.5. The molecule has 0 aromatic carbocycles. The van der Waals surface area contributed by atoms with E-state index in [-0.39, 0.29) is 10.7 Å². The Kier molecular flexibility index (Phi) is 5.15. The van der Waals surface area contributed by atoms with E-state index in [0.29, 0.717) is 17.2 Å². The van der Waals surface area contributed by atoms with Gasteiger partial charge in [-0.1, -0.05) is 24.7 Å². The summed E-state index contributed by atoms with van der Waals surface area (Å²) >= 11 is 3.17. The molecule has 0 unspecified atom stereocenters. The number of thiazole rings is 1. The van der Waals surface area contributed by atoms with Crippen LogP contribution in [0, 0.1) is 0 Å². The highest BCUT2D eigenvalue weighted by Crippen LogP contribution is 2.42. The fourth-order valence-electron chi connectivity index (χ4n) is 2.15. The maximum Gasteiger partial charge on any atom is 0.265 e. The minimum Gasteiger partial charge on any atom is -0.382 e. The molecule has 0 saturated heterocycles. The SMILES string of the molecule is CCCNc1nc(N)c(C(=O)NCC2(SC)CCC2)s1. The Morgan fingerprint density at radius 1 is 1.55 bits per heavy atom. The number of amides is 1. The molecule has 4 N–H and O–H groups in total. The van der Waals surface area contributed by atoms with Crippen LogP contribution in [0.1, 0.15) is 42.3 Å². The largest absolute Gasteiger partial charge is 0.382 e. The first-order chi connectivity index (χ1) is 9.60. The molecule has 1 aliphatic rings. The Labute approximate surface area is 128 Å². The lowest BCUT2D eigenvalue weighted by atomic mass is 9.84. The number of nitrogen functional groups attached to an aromatic ring is 1. The zero-order chi connectivity index (χ0) is 14.6. The van der Waals surface area contributed by atoms with Crippen LogP contribution in [0.25, 0.3) is 0 Å². The second-order valence-electron chi connectivity index (χ2n) is 5.08. The van der Waals surface area contributed by atoms with E-state index in [4.69, 9.17) is 5.73 Å². The molecule has 2 rings (SSSR count). The summed E-state index contributed by atoms with van der Waals surface area (Å²) in [6.45, 7) is 3.63. The Balaban J connectivity index is 1.93. The molecule has 0 bridgehead atoms. The molecule has 0 spiro atoms. The van der Waals surface area contributed by atoms with Crippen LogP contribution in [0.3, 0.4) is 0 Å². The highest BCUT2D eigenvalue weighted by Gasteiger charge is 2.36. The van der Waals surface area contributed by atoms with Gasteiger partial charge in [0.25, 0.3) is 5.91 Å². The maximum absolute atomic E-state index is 12.2. The number of nitrogens with zero attached hydrogens (tertiary/aromatic N) is 1. The van der Waals surface area contributed by atoms with Gasteiger partial charge in [-0.25, -0.2) is 4.98 Å². The highest BCUT2D eigenvalue weighted by molar-refractivity contribution is 8.00.